The van der Waals surface area contributed by atoms with Crippen molar-refractivity contribution < 1.29 is 4.79 Å². The molecule has 0 spiro atoms. The van der Waals surface area contributed by atoms with Crippen molar-refractivity contribution in [2.24, 2.45) is 0 Å². The zero-order valence-corrected chi connectivity index (χ0v) is 13.8. The lowest BCUT2D eigenvalue weighted by molar-refractivity contribution is -0.121. The quantitative estimate of drug-likeness (QED) is 0.703. The van der Waals surface area contributed by atoms with E-state index in [2.05, 4.69) is 10.3 Å². The van der Waals surface area contributed by atoms with Crippen LogP contribution in [0.4, 0.5) is 0 Å². The molecule has 0 aliphatic rings. The Morgan fingerprint density at radius 1 is 1.08 bits per heavy atom. The molecule has 0 aliphatic carbocycles. The van der Waals surface area contributed by atoms with Gasteiger partial charge in [0.25, 0.3) is 5.56 Å². The first-order valence-corrected chi connectivity index (χ1v) is 8.08. The number of carbonyl (C=O) groups is 1. The Morgan fingerprint density at radius 2 is 1.79 bits per heavy atom. The van der Waals surface area contributed by atoms with Gasteiger partial charge in [0.15, 0.2) is 4.77 Å². The van der Waals surface area contributed by atoms with Gasteiger partial charge < -0.3 is 10.3 Å². The van der Waals surface area contributed by atoms with E-state index >= 15 is 0 Å². The summed E-state index contributed by atoms with van der Waals surface area (Å²) in [6, 6.07) is 16.9. The molecule has 5 nitrogen and oxygen atoms in total. The third kappa shape index (κ3) is 3.60. The predicted octanol–water partition coefficient (Wildman–Crippen LogP) is 2.77. The van der Waals surface area contributed by atoms with Crippen molar-refractivity contribution in [3.8, 4) is 0 Å². The summed E-state index contributed by atoms with van der Waals surface area (Å²) >= 11 is 5.24. The van der Waals surface area contributed by atoms with Crippen molar-refractivity contribution in [1.82, 2.24) is 14.9 Å². The number of para-hydroxylation sites is 1. The minimum atomic E-state index is -0.176. The van der Waals surface area contributed by atoms with Crippen LogP contribution in [0, 0.1) is 4.77 Å². The first kappa shape index (κ1) is 16.1. The number of aromatic nitrogens is 2. The largest absolute Gasteiger partial charge is 0.352 e. The molecule has 0 saturated carbocycles. The minimum Gasteiger partial charge on any atom is -0.352 e. The predicted molar refractivity (Wildman–Crippen MR) is 96.3 cm³/mol. The fraction of sp³-hybridized carbons (Fsp3) is 0.167. The average molecular weight is 339 g/mol. The number of H-pyrrole nitrogens is 1. The number of hydrogen-bond donors (Lipinski definition) is 2. The van der Waals surface area contributed by atoms with Gasteiger partial charge in [-0.25, -0.2) is 0 Å². The molecule has 0 saturated heterocycles. The van der Waals surface area contributed by atoms with Crippen LogP contribution in [-0.4, -0.2) is 15.5 Å². The third-order valence-electron chi connectivity index (χ3n) is 3.78. The molecule has 0 atom stereocenters. The van der Waals surface area contributed by atoms with E-state index in [4.69, 9.17) is 12.2 Å². The van der Waals surface area contributed by atoms with E-state index in [-0.39, 0.29) is 24.4 Å². The highest BCUT2D eigenvalue weighted by atomic mass is 32.1. The summed E-state index contributed by atoms with van der Waals surface area (Å²) in [4.78, 5) is 27.5. The van der Waals surface area contributed by atoms with Crippen LogP contribution in [0.25, 0.3) is 10.9 Å². The molecule has 3 rings (SSSR count). The minimum absolute atomic E-state index is 0.117. The molecule has 1 heterocycles. The molecule has 1 amide bonds. The van der Waals surface area contributed by atoms with Gasteiger partial charge in [-0.1, -0.05) is 42.5 Å². The molecule has 0 radical (unpaired) electrons. The summed E-state index contributed by atoms with van der Waals surface area (Å²) in [5, 5.41) is 3.41. The Labute approximate surface area is 144 Å². The summed E-state index contributed by atoms with van der Waals surface area (Å²) in [5.74, 6) is -0.117. The lowest BCUT2D eigenvalue weighted by atomic mass is 10.2. The van der Waals surface area contributed by atoms with Crippen molar-refractivity contribution in [2.75, 3.05) is 0 Å². The van der Waals surface area contributed by atoms with Gasteiger partial charge in [0.2, 0.25) is 5.91 Å². The molecule has 0 bridgehead atoms. The van der Waals surface area contributed by atoms with Crippen molar-refractivity contribution in [1.29, 1.82) is 0 Å². The molecule has 3 aromatic rings. The second-order valence-electron chi connectivity index (χ2n) is 5.44. The number of nitrogens with one attached hydrogen (secondary N) is 2. The van der Waals surface area contributed by atoms with E-state index in [1.54, 1.807) is 12.1 Å². The SMILES string of the molecule is O=C(CCn1c(=S)[nH]c2ccccc2c1=O)NCc1ccccc1. The number of benzene rings is 2. The number of fused-ring (bicyclic) bond motifs is 1. The fourth-order valence-electron chi connectivity index (χ4n) is 2.50. The van der Waals surface area contributed by atoms with Gasteiger partial charge in [-0.15, -0.1) is 0 Å². The summed E-state index contributed by atoms with van der Waals surface area (Å²) < 4.78 is 1.76. The highest BCUT2D eigenvalue weighted by molar-refractivity contribution is 7.71. The van der Waals surface area contributed by atoms with E-state index < -0.39 is 0 Å². The number of amides is 1. The molecule has 24 heavy (non-hydrogen) atoms. The lowest BCUT2D eigenvalue weighted by Gasteiger charge is -2.09. The smallest absolute Gasteiger partial charge is 0.262 e. The Bertz CT molecular complexity index is 977. The maximum Gasteiger partial charge on any atom is 0.262 e. The van der Waals surface area contributed by atoms with Crippen molar-refractivity contribution >= 4 is 29.0 Å². The van der Waals surface area contributed by atoms with Crippen LogP contribution in [-0.2, 0) is 17.9 Å². The second kappa shape index (κ2) is 7.23. The fourth-order valence-corrected chi connectivity index (χ4v) is 2.78. The molecule has 6 heteroatoms. The zero-order valence-electron chi connectivity index (χ0n) is 13.0. The van der Waals surface area contributed by atoms with Crippen LogP contribution in [0.5, 0.6) is 0 Å². The molecule has 0 unspecified atom stereocenters. The Balaban J connectivity index is 1.68. The third-order valence-corrected chi connectivity index (χ3v) is 4.11. The number of carbonyl (C=O) groups excluding carboxylic acids is 1. The van der Waals surface area contributed by atoms with Gasteiger partial charge in [-0.2, -0.15) is 0 Å². The van der Waals surface area contributed by atoms with E-state index in [0.29, 0.717) is 22.2 Å². The molecule has 2 N–H and O–H groups in total. The van der Waals surface area contributed by atoms with E-state index in [9.17, 15) is 9.59 Å². The van der Waals surface area contributed by atoms with Crippen LogP contribution in [0.15, 0.2) is 59.4 Å². The number of hydrogen-bond acceptors (Lipinski definition) is 3. The molecular formula is C18H17N3O2S. The lowest BCUT2D eigenvalue weighted by Crippen LogP contribution is -2.28. The highest BCUT2D eigenvalue weighted by Gasteiger charge is 2.07. The van der Waals surface area contributed by atoms with Gasteiger partial charge in [-0.05, 0) is 29.9 Å². The summed E-state index contributed by atoms with van der Waals surface area (Å²) in [7, 11) is 0. The van der Waals surface area contributed by atoms with Crippen LogP contribution in [0.2, 0.25) is 0 Å². The van der Waals surface area contributed by atoms with E-state index in [1.807, 2.05) is 42.5 Å². The Kier molecular flexibility index (Phi) is 4.86. The highest BCUT2D eigenvalue weighted by Crippen LogP contribution is 2.06. The van der Waals surface area contributed by atoms with Gasteiger partial charge in [0, 0.05) is 19.5 Å². The number of nitrogens with zero attached hydrogens (tertiary/aromatic N) is 1. The van der Waals surface area contributed by atoms with Gasteiger partial charge in [0.05, 0.1) is 10.9 Å². The van der Waals surface area contributed by atoms with Crippen molar-refractivity contribution in [2.45, 2.75) is 19.5 Å². The van der Waals surface area contributed by atoms with Gasteiger partial charge >= 0.3 is 0 Å². The zero-order chi connectivity index (χ0) is 16.9. The normalized spacial score (nSPS) is 10.7. The Morgan fingerprint density at radius 3 is 2.58 bits per heavy atom. The van der Waals surface area contributed by atoms with E-state index in [1.165, 1.54) is 4.57 Å². The van der Waals surface area contributed by atoms with Crippen LogP contribution in [0.3, 0.4) is 0 Å². The van der Waals surface area contributed by atoms with Gasteiger partial charge in [0.1, 0.15) is 0 Å². The van der Waals surface area contributed by atoms with Crippen LogP contribution < -0.4 is 10.9 Å². The molecule has 122 valence electrons. The topological polar surface area (TPSA) is 66.9 Å². The molecule has 2 aromatic carbocycles. The molecule has 0 aliphatic heterocycles. The van der Waals surface area contributed by atoms with Crippen LogP contribution in [0.1, 0.15) is 12.0 Å². The van der Waals surface area contributed by atoms with Crippen molar-refractivity contribution in [3.63, 3.8) is 0 Å². The Hall–Kier alpha value is -2.73. The monoisotopic (exact) mass is 339 g/mol. The molecular weight excluding hydrogens is 322 g/mol. The second-order valence-corrected chi connectivity index (χ2v) is 5.83. The molecule has 1 aromatic heterocycles. The van der Waals surface area contributed by atoms with E-state index in [0.717, 1.165) is 5.56 Å². The maximum absolute atomic E-state index is 12.5. The standard InChI is InChI=1S/C18H17N3O2S/c22-16(19-12-13-6-2-1-3-7-13)10-11-21-17(23)14-8-4-5-9-15(14)20-18(21)24/h1-9H,10-12H2,(H,19,22)(H,20,24). The first-order chi connectivity index (χ1) is 11.6. The first-order valence-electron chi connectivity index (χ1n) is 7.67. The number of aromatic amines is 1. The summed E-state index contributed by atoms with van der Waals surface area (Å²) in [6.07, 6.45) is 0.197. The van der Waals surface area contributed by atoms with Crippen LogP contribution >= 0.6 is 12.2 Å². The molecule has 0 fully saturated rings. The maximum atomic E-state index is 12.5. The summed E-state index contributed by atoms with van der Waals surface area (Å²) in [6.45, 7) is 0.721. The summed E-state index contributed by atoms with van der Waals surface area (Å²) in [5.41, 5.74) is 1.56. The van der Waals surface area contributed by atoms with Crippen molar-refractivity contribution in [3.05, 3.63) is 75.3 Å². The van der Waals surface area contributed by atoms with Gasteiger partial charge in [-0.3, -0.25) is 14.2 Å². The average Bonchev–Trinajstić information content (AvgIpc) is 2.60. The number of rotatable bonds is 5.